The third-order valence-corrected chi connectivity index (χ3v) is 7.98. The van der Waals surface area contributed by atoms with Gasteiger partial charge in [-0.15, -0.1) is 0 Å². The molecular weight excluding hydrogens is 456 g/mol. The Labute approximate surface area is 202 Å². The van der Waals surface area contributed by atoms with Crippen LogP contribution in [0.1, 0.15) is 75.7 Å². The van der Waals surface area contributed by atoms with Crippen molar-refractivity contribution < 1.29 is 28.0 Å². The fraction of sp³-hybridized carbons (Fsp3) is 0.577. The molecule has 3 N–H and O–H groups in total. The van der Waals surface area contributed by atoms with Crippen molar-refractivity contribution in [3.05, 3.63) is 47.2 Å². The first-order valence-corrected chi connectivity index (χ1v) is 12.5. The zero-order chi connectivity index (χ0) is 24.7. The summed E-state index contributed by atoms with van der Waals surface area (Å²) in [4.78, 5) is 25.5. The Morgan fingerprint density at radius 3 is 2.23 bits per heavy atom. The maximum absolute atomic E-state index is 13.5. The highest BCUT2D eigenvalue weighted by Gasteiger charge is 2.53. The number of nitrogens with zero attached hydrogens (tertiary/aromatic N) is 1. The molecule has 1 unspecified atom stereocenters. The molecule has 4 saturated carbocycles. The summed E-state index contributed by atoms with van der Waals surface area (Å²) >= 11 is 0. The van der Waals surface area contributed by atoms with Crippen molar-refractivity contribution in [3.8, 4) is 0 Å². The van der Waals surface area contributed by atoms with Gasteiger partial charge in [0.1, 0.15) is 23.4 Å². The van der Waals surface area contributed by atoms with Crippen molar-refractivity contribution >= 4 is 17.6 Å². The first-order valence-electron chi connectivity index (χ1n) is 12.5. The molecule has 2 amide bonds. The van der Waals surface area contributed by atoms with Crippen LogP contribution in [-0.4, -0.2) is 28.1 Å². The van der Waals surface area contributed by atoms with Crippen LogP contribution in [0.15, 0.2) is 28.8 Å². The molecule has 7 nitrogen and oxygen atoms in total. The topological polar surface area (TPSA) is 104 Å². The van der Waals surface area contributed by atoms with E-state index in [9.17, 15) is 23.5 Å². The molecule has 2 atom stereocenters. The predicted molar refractivity (Wildman–Crippen MR) is 123 cm³/mol. The molecule has 2 aromatic rings. The van der Waals surface area contributed by atoms with E-state index >= 15 is 0 Å². The second-order valence-electron chi connectivity index (χ2n) is 10.7. The van der Waals surface area contributed by atoms with Crippen molar-refractivity contribution in [1.29, 1.82) is 0 Å². The third-order valence-electron chi connectivity index (χ3n) is 7.98. The first kappa shape index (κ1) is 23.9. The lowest BCUT2D eigenvalue weighted by atomic mass is 9.49. The van der Waals surface area contributed by atoms with Gasteiger partial charge in [-0.05, 0) is 80.4 Å². The van der Waals surface area contributed by atoms with Gasteiger partial charge in [-0.3, -0.25) is 9.59 Å². The lowest BCUT2D eigenvalue weighted by Crippen LogP contribution is -2.48. The minimum Gasteiger partial charge on any atom is -0.378 e. The molecule has 9 heteroatoms. The maximum atomic E-state index is 13.5. The molecule has 0 saturated heterocycles. The third kappa shape index (κ3) is 4.83. The van der Waals surface area contributed by atoms with E-state index < -0.39 is 35.6 Å². The normalized spacial score (nSPS) is 28.5. The number of anilines is 1. The van der Waals surface area contributed by atoms with Gasteiger partial charge in [-0.2, -0.15) is 0 Å². The predicted octanol–water partition coefficient (Wildman–Crippen LogP) is 4.38. The number of amides is 2. The summed E-state index contributed by atoms with van der Waals surface area (Å²) in [5.41, 5.74) is -0.223. The molecule has 6 rings (SSSR count). The Morgan fingerprint density at radius 1 is 1.06 bits per heavy atom. The van der Waals surface area contributed by atoms with Crippen LogP contribution in [0.4, 0.5) is 14.6 Å². The molecule has 0 spiro atoms. The molecule has 4 aliphatic carbocycles. The number of nitrogens with one attached hydrogen (secondary N) is 2. The van der Waals surface area contributed by atoms with Gasteiger partial charge in [0.25, 0.3) is 5.91 Å². The van der Waals surface area contributed by atoms with Gasteiger partial charge in [0, 0.05) is 17.5 Å². The SMILES string of the molecule is CCCC(NC(=O)[C@@H](O)c1cc(F)cc(F)c1)C(=O)Nc1cc(C23CC4CC(CC(C4)C2)C3)on1. The molecule has 35 heavy (non-hydrogen) atoms. The number of hydrogen-bond donors (Lipinski definition) is 3. The van der Waals surface area contributed by atoms with Crippen LogP contribution in [-0.2, 0) is 15.0 Å². The standard InChI is InChI=1S/C26H31F2N3O4/c1-2-3-20(29-25(34)23(32)17-7-18(27)9-19(28)8-17)24(33)30-22-10-21(35-31-22)26-11-14-4-15(12-26)6-16(5-14)13-26/h7-10,14-16,20,23,32H,2-6,11-13H2,1H3,(H,29,34)(H,30,31,33)/t14?,15?,16?,20?,23-,26?/m0/s1. The van der Waals surface area contributed by atoms with Crippen LogP contribution in [0, 0.1) is 29.4 Å². The molecule has 1 heterocycles. The van der Waals surface area contributed by atoms with Crippen LogP contribution in [0.2, 0.25) is 0 Å². The van der Waals surface area contributed by atoms with E-state index in [2.05, 4.69) is 15.8 Å². The van der Waals surface area contributed by atoms with E-state index in [1.165, 1.54) is 19.3 Å². The highest BCUT2D eigenvalue weighted by atomic mass is 19.1. The summed E-state index contributed by atoms with van der Waals surface area (Å²) in [5.74, 6) is 0.118. The number of hydrogen-bond acceptors (Lipinski definition) is 5. The smallest absolute Gasteiger partial charge is 0.254 e. The van der Waals surface area contributed by atoms with E-state index in [-0.39, 0.29) is 11.0 Å². The summed E-state index contributed by atoms with van der Waals surface area (Å²) in [6.45, 7) is 1.85. The van der Waals surface area contributed by atoms with Gasteiger partial charge >= 0.3 is 0 Å². The zero-order valence-corrected chi connectivity index (χ0v) is 19.7. The molecule has 1 aromatic carbocycles. The number of benzene rings is 1. The van der Waals surface area contributed by atoms with Crippen LogP contribution in [0.5, 0.6) is 0 Å². The van der Waals surface area contributed by atoms with Crippen molar-refractivity contribution in [1.82, 2.24) is 10.5 Å². The number of aromatic nitrogens is 1. The van der Waals surface area contributed by atoms with E-state index in [4.69, 9.17) is 4.52 Å². The quantitative estimate of drug-likeness (QED) is 0.513. The van der Waals surface area contributed by atoms with Crippen molar-refractivity contribution in [2.24, 2.45) is 17.8 Å². The van der Waals surface area contributed by atoms with Gasteiger partial charge in [-0.25, -0.2) is 8.78 Å². The molecule has 4 bridgehead atoms. The highest BCUT2D eigenvalue weighted by molar-refractivity contribution is 5.97. The average molecular weight is 488 g/mol. The van der Waals surface area contributed by atoms with Crippen LogP contribution in [0.25, 0.3) is 0 Å². The first-order chi connectivity index (χ1) is 16.7. The highest BCUT2D eigenvalue weighted by Crippen LogP contribution is 2.60. The summed E-state index contributed by atoms with van der Waals surface area (Å²) in [6.07, 6.45) is 6.32. The number of carbonyl (C=O) groups is 2. The van der Waals surface area contributed by atoms with E-state index in [1.807, 2.05) is 6.92 Å². The van der Waals surface area contributed by atoms with E-state index in [0.29, 0.717) is 24.7 Å². The minimum atomic E-state index is -1.82. The second kappa shape index (κ2) is 9.33. The molecule has 188 valence electrons. The number of aliphatic hydroxyl groups is 1. The lowest BCUT2D eigenvalue weighted by molar-refractivity contribution is -0.133. The summed E-state index contributed by atoms with van der Waals surface area (Å²) in [7, 11) is 0. The Hall–Kier alpha value is -2.81. The Balaban J connectivity index is 1.25. The van der Waals surface area contributed by atoms with Crippen LogP contribution < -0.4 is 10.6 Å². The van der Waals surface area contributed by atoms with Gasteiger partial charge in [0.05, 0.1) is 0 Å². The summed E-state index contributed by atoms with van der Waals surface area (Å²) < 4.78 is 32.7. The van der Waals surface area contributed by atoms with Crippen molar-refractivity contribution in [3.63, 3.8) is 0 Å². The molecular formula is C26H31F2N3O4. The monoisotopic (exact) mass is 487 g/mol. The Kier molecular flexibility index (Phi) is 6.38. The summed E-state index contributed by atoms with van der Waals surface area (Å²) in [5, 5.41) is 19.6. The molecule has 1 aromatic heterocycles. The number of carbonyl (C=O) groups excluding carboxylic acids is 2. The maximum Gasteiger partial charge on any atom is 0.254 e. The number of rotatable bonds is 8. The average Bonchev–Trinajstić information content (AvgIpc) is 3.26. The fourth-order valence-electron chi connectivity index (χ4n) is 6.90. The molecule has 0 radical (unpaired) electrons. The minimum absolute atomic E-state index is 0.00606. The van der Waals surface area contributed by atoms with Gasteiger partial charge in [0.2, 0.25) is 5.91 Å². The van der Waals surface area contributed by atoms with Gasteiger partial charge in [-0.1, -0.05) is 18.5 Å². The largest absolute Gasteiger partial charge is 0.378 e. The van der Waals surface area contributed by atoms with Crippen molar-refractivity contribution in [2.75, 3.05) is 5.32 Å². The summed E-state index contributed by atoms with van der Waals surface area (Å²) in [6, 6.07) is 3.25. The van der Waals surface area contributed by atoms with Gasteiger partial charge < -0.3 is 20.3 Å². The van der Waals surface area contributed by atoms with Crippen LogP contribution >= 0.6 is 0 Å². The fourth-order valence-corrected chi connectivity index (χ4v) is 6.90. The molecule has 4 aliphatic rings. The number of halogens is 2. The Morgan fingerprint density at radius 2 is 1.66 bits per heavy atom. The zero-order valence-electron chi connectivity index (χ0n) is 19.7. The molecule has 4 fully saturated rings. The molecule has 0 aliphatic heterocycles. The van der Waals surface area contributed by atoms with E-state index in [0.717, 1.165) is 54.9 Å². The van der Waals surface area contributed by atoms with Crippen molar-refractivity contribution in [2.45, 2.75) is 75.9 Å². The second-order valence-corrected chi connectivity index (χ2v) is 10.7. The van der Waals surface area contributed by atoms with Crippen LogP contribution in [0.3, 0.4) is 0 Å². The lowest BCUT2D eigenvalue weighted by Gasteiger charge is -2.55. The number of aliphatic hydroxyl groups excluding tert-OH is 1. The Bertz CT molecular complexity index is 1060. The van der Waals surface area contributed by atoms with E-state index in [1.54, 1.807) is 6.07 Å². The van der Waals surface area contributed by atoms with Gasteiger partial charge in [0.15, 0.2) is 11.9 Å².